The smallest absolute Gasteiger partial charge is 0.328 e. The number of ether oxygens (including phenoxy) is 3. The maximum absolute atomic E-state index is 14.2. The summed E-state index contributed by atoms with van der Waals surface area (Å²) >= 11 is 0. The molecule has 1 saturated heterocycles. The number of halogens is 1. The van der Waals surface area contributed by atoms with E-state index in [9.17, 15) is 18.8 Å². The van der Waals surface area contributed by atoms with Crippen LogP contribution in [0.4, 0.5) is 4.39 Å². The molecule has 1 fully saturated rings. The summed E-state index contributed by atoms with van der Waals surface area (Å²) < 4.78 is 30.5. The van der Waals surface area contributed by atoms with Crippen LogP contribution in [-0.2, 0) is 9.59 Å². The predicted molar refractivity (Wildman–Crippen MR) is 157 cm³/mol. The Morgan fingerprint density at radius 3 is 2.10 bits per heavy atom. The summed E-state index contributed by atoms with van der Waals surface area (Å²) in [7, 11) is 6.72. The number of methoxy groups -OCH3 is 3. The van der Waals surface area contributed by atoms with Gasteiger partial charge < -0.3 is 34.2 Å². The molecule has 0 saturated carbocycles. The van der Waals surface area contributed by atoms with Crippen LogP contribution in [0.3, 0.4) is 0 Å². The fourth-order valence-electron chi connectivity index (χ4n) is 4.64. The van der Waals surface area contributed by atoms with Gasteiger partial charge in [-0.05, 0) is 58.0 Å². The first kappa shape index (κ1) is 33.8. The summed E-state index contributed by atoms with van der Waals surface area (Å²) in [4.78, 5) is 37.0. The number of carboxylic acid groups (broad SMARTS) is 2. The van der Waals surface area contributed by atoms with Gasteiger partial charge in [0.1, 0.15) is 5.82 Å². The van der Waals surface area contributed by atoms with Crippen molar-refractivity contribution in [2.75, 3.05) is 48.0 Å². The number of carbonyl (C=O) groups is 3. The molecule has 228 valence electrons. The van der Waals surface area contributed by atoms with Crippen LogP contribution in [0.5, 0.6) is 17.2 Å². The Kier molecular flexibility index (Phi) is 13.5. The zero-order chi connectivity index (χ0) is 31.2. The Morgan fingerprint density at radius 2 is 1.62 bits per heavy atom. The van der Waals surface area contributed by atoms with Crippen LogP contribution in [0.15, 0.2) is 54.1 Å². The van der Waals surface area contributed by atoms with Gasteiger partial charge in [-0.1, -0.05) is 29.8 Å². The molecule has 0 aliphatic carbocycles. The number of hydrogen-bond donors (Lipinski definition) is 2. The number of hydrogen-bond acceptors (Lipinski definition) is 7. The molecule has 1 aliphatic rings. The molecule has 11 heteroatoms. The minimum absolute atomic E-state index is 0.138. The highest BCUT2D eigenvalue weighted by Gasteiger charge is 2.25. The van der Waals surface area contributed by atoms with Gasteiger partial charge in [-0.2, -0.15) is 0 Å². The zero-order valence-electron chi connectivity index (χ0n) is 24.6. The normalized spacial score (nSPS) is 15.1. The molecule has 3 rings (SSSR count). The number of nitrogens with zero attached hydrogens (tertiary/aromatic N) is 2. The van der Waals surface area contributed by atoms with Crippen molar-refractivity contribution in [3.63, 3.8) is 0 Å². The van der Waals surface area contributed by atoms with E-state index in [1.54, 1.807) is 36.4 Å². The highest BCUT2D eigenvalue weighted by atomic mass is 19.1. The molecule has 0 bridgehead atoms. The predicted octanol–water partition coefficient (Wildman–Crippen LogP) is 4.59. The number of amides is 1. The number of carboxylic acids is 2. The molecule has 2 aromatic rings. The van der Waals surface area contributed by atoms with Gasteiger partial charge >= 0.3 is 11.9 Å². The number of benzene rings is 2. The van der Waals surface area contributed by atoms with Crippen molar-refractivity contribution in [2.45, 2.75) is 32.2 Å². The van der Waals surface area contributed by atoms with Crippen LogP contribution in [0, 0.1) is 5.82 Å². The summed E-state index contributed by atoms with van der Waals surface area (Å²) in [6.45, 7) is 3.98. The van der Waals surface area contributed by atoms with Crippen LogP contribution in [0.1, 0.15) is 42.1 Å². The molecular formula is C31H39FN2O8. The third-order valence-electron chi connectivity index (χ3n) is 6.72. The Balaban J connectivity index is 0.000000675. The first-order chi connectivity index (χ1) is 20.0. The van der Waals surface area contributed by atoms with Crippen LogP contribution in [-0.4, -0.2) is 91.9 Å². The zero-order valence-corrected chi connectivity index (χ0v) is 24.6. The second-order valence-corrected chi connectivity index (χ2v) is 9.73. The Labute approximate surface area is 245 Å². The molecule has 0 aromatic heterocycles. The van der Waals surface area contributed by atoms with Gasteiger partial charge in [-0.25, -0.2) is 14.0 Å². The molecular weight excluding hydrogens is 547 g/mol. The highest BCUT2D eigenvalue weighted by Crippen LogP contribution is 2.38. The molecule has 42 heavy (non-hydrogen) atoms. The van der Waals surface area contributed by atoms with Gasteiger partial charge in [0.15, 0.2) is 11.5 Å². The van der Waals surface area contributed by atoms with Gasteiger partial charge in [-0.15, -0.1) is 0 Å². The van der Waals surface area contributed by atoms with E-state index < -0.39 is 11.9 Å². The van der Waals surface area contributed by atoms with E-state index >= 15 is 0 Å². The van der Waals surface area contributed by atoms with Gasteiger partial charge in [0.05, 0.1) is 21.3 Å². The molecule has 2 N–H and O–H groups in total. The fraction of sp³-hybridized carbons (Fsp3) is 0.387. The maximum Gasteiger partial charge on any atom is 0.328 e. The van der Waals surface area contributed by atoms with Crippen molar-refractivity contribution >= 4 is 23.9 Å². The lowest BCUT2D eigenvalue weighted by molar-refractivity contribution is -0.134. The Hall–Kier alpha value is -4.38. The van der Waals surface area contributed by atoms with Gasteiger partial charge in [0.2, 0.25) is 5.75 Å². The Morgan fingerprint density at radius 1 is 1.02 bits per heavy atom. The molecule has 1 amide bonds. The first-order valence-corrected chi connectivity index (χ1v) is 13.4. The average molecular weight is 587 g/mol. The van der Waals surface area contributed by atoms with E-state index in [2.05, 4.69) is 11.9 Å². The summed E-state index contributed by atoms with van der Waals surface area (Å²) in [6.07, 6.45) is 6.10. The maximum atomic E-state index is 14.2. The minimum atomic E-state index is -1.26. The van der Waals surface area contributed by atoms with Gasteiger partial charge in [0.25, 0.3) is 5.91 Å². The lowest BCUT2D eigenvalue weighted by atomic mass is 10.1. The van der Waals surface area contributed by atoms with Gasteiger partial charge in [-0.3, -0.25) is 4.79 Å². The van der Waals surface area contributed by atoms with E-state index in [0.717, 1.165) is 25.0 Å². The lowest BCUT2D eigenvalue weighted by Gasteiger charge is -2.27. The van der Waals surface area contributed by atoms with Crippen molar-refractivity contribution in [1.29, 1.82) is 0 Å². The summed E-state index contributed by atoms with van der Waals surface area (Å²) in [5, 5.41) is 15.6. The monoisotopic (exact) mass is 586 g/mol. The van der Waals surface area contributed by atoms with Crippen molar-refractivity contribution in [3.8, 4) is 17.2 Å². The van der Waals surface area contributed by atoms with E-state index in [0.29, 0.717) is 59.7 Å². The molecule has 10 nitrogen and oxygen atoms in total. The highest BCUT2D eigenvalue weighted by molar-refractivity contribution is 5.96. The number of carbonyl (C=O) groups excluding carboxylic acids is 1. The van der Waals surface area contributed by atoms with Crippen LogP contribution < -0.4 is 14.2 Å². The fourth-order valence-corrected chi connectivity index (χ4v) is 4.64. The number of rotatable bonds is 12. The average Bonchev–Trinajstić information content (AvgIpc) is 3.38. The molecule has 1 aliphatic heterocycles. The van der Waals surface area contributed by atoms with E-state index in [-0.39, 0.29) is 11.7 Å². The SMILES string of the molecule is COc1cc(C(=O)N(CCC2CCCN2C)C/C(C)=C/c2ccccc2F)cc(OC)c1OC.O=C(O)/C=C/C(=O)O. The summed E-state index contributed by atoms with van der Waals surface area (Å²) in [5.41, 5.74) is 1.86. The van der Waals surface area contributed by atoms with E-state index in [1.165, 1.54) is 33.8 Å². The minimum Gasteiger partial charge on any atom is -0.493 e. The number of likely N-dealkylation sites (tertiary alicyclic amines) is 1. The third kappa shape index (κ3) is 10.2. The molecule has 0 spiro atoms. The van der Waals surface area contributed by atoms with Crippen LogP contribution in [0.2, 0.25) is 0 Å². The van der Waals surface area contributed by atoms with Crippen molar-refractivity contribution < 1.29 is 43.2 Å². The molecule has 1 unspecified atom stereocenters. The molecule has 1 atom stereocenters. The lowest BCUT2D eigenvalue weighted by Crippen LogP contribution is -2.37. The van der Waals surface area contributed by atoms with Crippen molar-refractivity contribution in [2.24, 2.45) is 0 Å². The quantitative estimate of drug-likeness (QED) is 0.344. The molecule has 1 heterocycles. The topological polar surface area (TPSA) is 126 Å². The van der Waals surface area contributed by atoms with Crippen LogP contribution in [0.25, 0.3) is 6.08 Å². The largest absolute Gasteiger partial charge is 0.493 e. The first-order valence-electron chi connectivity index (χ1n) is 13.4. The van der Waals surface area contributed by atoms with Crippen molar-refractivity contribution in [3.05, 3.63) is 71.1 Å². The van der Waals surface area contributed by atoms with Crippen molar-refractivity contribution in [1.82, 2.24) is 9.80 Å². The second-order valence-electron chi connectivity index (χ2n) is 9.73. The second kappa shape index (κ2) is 16.8. The standard InChI is InChI=1S/C27H35FN2O4.C4H4O4/c1-19(15-20-9-6-7-11-23(20)28)18-30(14-12-22-10-8-13-29(22)2)27(31)21-16-24(32-3)26(34-5)25(17-21)33-4;5-3(6)1-2-4(7)8/h6-7,9,11,15-17,22H,8,10,12-14,18H2,1-5H3;1-2H,(H,5,6)(H,7,8)/b19-15+;2-1+. The van der Waals surface area contributed by atoms with E-state index in [1.807, 2.05) is 11.8 Å². The number of aliphatic carboxylic acids is 2. The molecule has 0 radical (unpaired) electrons. The summed E-state index contributed by atoms with van der Waals surface area (Å²) in [6, 6.07) is 10.4. The van der Waals surface area contributed by atoms with Gasteiger partial charge in [0, 0.05) is 42.4 Å². The van der Waals surface area contributed by atoms with E-state index in [4.69, 9.17) is 24.4 Å². The Bertz CT molecular complexity index is 1250. The van der Waals surface area contributed by atoms with Crippen LogP contribution >= 0.6 is 0 Å². The molecule has 2 aromatic carbocycles. The summed E-state index contributed by atoms with van der Waals surface area (Å²) in [5.74, 6) is -1.63. The third-order valence-corrected chi connectivity index (χ3v) is 6.72.